The molecule has 0 aliphatic carbocycles. The van der Waals surface area contributed by atoms with Crippen LogP contribution in [0.5, 0.6) is 0 Å². The summed E-state index contributed by atoms with van der Waals surface area (Å²) in [5, 5.41) is 3.51. The van der Waals surface area contributed by atoms with E-state index in [9.17, 15) is 0 Å². The van der Waals surface area contributed by atoms with Gasteiger partial charge in [-0.2, -0.15) is 11.8 Å². The normalized spacial score (nSPS) is 10.9. The summed E-state index contributed by atoms with van der Waals surface area (Å²) in [4.78, 5) is 0. The average molecular weight is 254 g/mol. The highest BCUT2D eigenvalue weighted by Crippen LogP contribution is 2.03. The molecule has 0 aromatic carbocycles. The second kappa shape index (κ2) is 9.60. The van der Waals surface area contributed by atoms with Gasteiger partial charge in [0.2, 0.25) is 0 Å². The van der Waals surface area contributed by atoms with Crippen molar-refractivity contribution in [3.63, 3.8) is 0 Å². The zero-order valence-corrected chi connectivity index (χ0v) is 12.1. The van der Waals surface area contributed by atoms with Gasteiger partial charge in [-0.15, -0.1) is 0 Å². The zero-order valence-electron chi connectivity index (χ0n) is 11.2. The van der Waals surface area contributed by atoms with Gasteiger partial charge in [0.1, 0.15) is 0 Å². The molecule has 0 bridgehead atoms. The van der Waals surface area contributed by atoms with Gasteiger partial charge >= 0.3 is 0 Å². The Morgan fingerprint density at radius 1 is 1.29 bits per heavy atom. The maximum Gasteiger partial charge on any atom is 0.0220 e. The summed E-state index contributed by atoms with van der Waals surface area (Å²) >= 11 is 1.95. The molecule has 0 radical (unpaired) electrons. The molecule has 1 aromatic rings. The van der Waals surface area contributed by atoms with E-state index in [4.69, 9.17) is 0 Å². The first-order valence-electron chi connectivity index (χ1n) is 6.71. The van der Waals surface area contributed by atoms with E-state index in [1.807, 2.05) is 11.8 Å². The molecule has 2 nitrogen and oxygen atoms in total. The van der Waals surface area contributed by atoms with Gasteiger partial charge in [0.25, 0.3) is 0 Å². The average Bonchev–Trinajstić information content (AvgIpc) is 2.76. The van der Waals surface area contributed by atoms with E-state index in [2.05, 4.69) is 41.5 Å². The molecule has 1 rings (SSSR count). The molecule has 0 fully saturated rings. The molecule has 1 aromatic heterocycles. The fourth-order valence-electron chi connectivity index (χ4n) is 1.90. The fraction of sp³-hybridized carbons (Fsp3) is 0.714. The molecule has 98 valence electrons. The SMILES string of the molecule is CCCn1ccc(CNCCCCCSC)c1. The number of thioether (sulfide) groups is 1. The Bertz CT molecular complexity index is 284. The van der Waals surface area contributed by atoms with Crippen molar-refractivity contribution in [2.45, 2.75) is 45.7 Å². The lowest BCUT2D eigenvalue weighted by molar-refractivity contribution is 0.616. The molecule has 0 amide bonds. The van der Waals surface area contributed by atoms with Gasteiger partial charge in [0.15, 0.2) is 0 Å². The monoisotopic (exact) mass is 254 g/mol. The molecule has 0 spiro atoms. The highest BCUT2D eigenvalue weighted by atomic mass is 32.2. The van der Waals surface area contributed by atoms with Crippen LogP contribution in [0.25, 0.3) is 0 Å². The topological polar surface area (TPSA) is 17.0 Å². The van der Waals surface area contributed by atoms with Gasteiger partial charge in [0, 0.05) is 25.5 Å². The molecule has 3 heteroatoms. The molecular weight excluding hydrogens is 228 g/mol. The zero-order chi connectivity index (χ0) is 12.3. The summed E-state index contributed by atoms with van der Waals surface area (Å²) in [5.74, 6) is 1.31. The van der Waals surface area contributed by atoms with Gasteiger partial charge in [-0.25, -0.2) is 0 Å². The van der Waals surface area contributed by atoms with Crippen LogP contribution >= 0.6 is 11.8 Å². The third kappa shape index (κ3) is 6.79. The summed E-state index contributed by atoms with van der Waals surface area (Å²) in [5.41, 5.74) is 1.41. The van der Waals surface area contributed by atoms with E-state index in [1.54, 1.807) is 0 Å². The van der Waals surface area contributed by atoms with Gasteiger partial charge in [-0.1, -0.05) is 13.3 Å². The molecule has 0 saturated carbocycles. The maximum absolute atomic E-state index is 3.51. The van der Waals surface area contributed by atoms with Crippen molar-refractivity contribution < 1.29 is 0 Å². The standard InChI is InChI=1S/C14H26N2S/c1-3-9-16-10-7-14(13-16)12-15-8-5-4-6-11-17-2/h7,10,13,15H,3-6,8-9,11-12H2,1-2H3. The first-order chi connectivity index (χ1) is 8.36. The highest BCUT2D eigenvalue weighted by molar-refractivity contribution is 7.98. The van der Waals surface area contributed by atoms with Crippen LogP contribution in [0.15, 0.2) is 18.5 Å². The first-order valence-corrected chi connectivity index (χ1v) is 8.10. The second-order valence-corrected chi connectivity index (χ2v) is 5.47. The van der Waals surface area contributed by atoms with Gasteiger partial charge < -0.3 is 9.88 Å². The van der Waals surface area contributed by atoms with E-state index in [1.165, 1.54) is 37.0 Å². The molecule has 0 saturated heterocycles. The Labute approximate surface area is 110 Å². The van der Waals surface area contributed by atoms with Crippen LogP contribution in [0.2, 0.25) is 0 Å². The molecule has 0 aliphatic heterocycles. The van der Waals surface area contributed by atoms with Crippen molar-refractivity contribution in [2.75, 3.05) is 18.6 Å². The minimum absolute atomic E-state index is 1.01. The predicted octanol–water partition coefficient (Wildman–Crippen LogP) is 3.52. The van der Waals surface area contributed by atoms with Crippen LogP contribution in [0.4, 0.5) is 0 Å². The third-order valence-electron chi connectivity index (χ3n) is 2.82. The lowest BCUT2D eigenvalue weighted by atomic mass is 10.2. The Hall–Kier alpha value is -0.410. The van der Waals surface area contributed by atoms with E-state index < -0.39 is 0 Å². The summed E-state index contributed by atoms with van der Waals surface area (Å²) in [6.07, 6.45) is 11.8. The Morgan fingerprint density at radius 3 is 2.94 bits per heavy atom. The molecule has 0 aliphatic rings. The quantitative estimate of drug-likeness (QED) is 0.643. The summed E-state index contributed by atoms with van der Waals surface area (Å²) < 4.78 is 2.27. The minimum atomic E-state index is 1.01. The van der Waals surface area contributed by atoms with Crippen molar-refractivity contribution in [1.29, 1.82) is 0 Å². The first kappa shape index (κ1) is 14.7. The second-order valence-electron chi connectivity index (χ2n) is 4.49. The van der Waals surface area contributed by atoms with Gasteiger partial charge in [-0.05, 0) is 49.4 Å². The van der Waals surface area contributed by atoms with E-state index in [0.717, 1.165) is 19.6 Å². The number of nitrogens with one attached hydrogen (secondary N) is 1. The van der Waals surface area contributed by atoms with Crippen molar-refractivity contribution in [2.24, 2.45) is 0 Å². The smallest absolute Gasteiger partial charge is 0.0220 e. The lowest BCUT2D eigenvalue weighted by Crippen LogP contribution is -2.14. The van der Waals surface area contributed by atoms with Crippen LogP contribution in [-0.4, -0.2) is 23.1 Å². The van der Waals surface area contributed by atoms with Crippen LogP contribution in [0.1, 0.15) is 38.2 Å². The van der Waals surface area contributed by atoms with Crippen LogP contribution in [0, 0.1) is 0 Å². The largest absolute Gasteiger partial charge is 0.354 e. The number of hydrogen-bond donors (Lipinski definition) is 1. The van der Waals surface area contributed by atoms with Crippen molar-refractivity contribution >= 4 is 11.8 Å². The van der Waals surface area contributed by atoms with E-state index in [0.29, 0.717) is 0 Å². The number of hydrogen-bond acceptors (Lipinski definition) is 2. The molecule has 0 atom stereocenters. The summed E-state index contributed by atoms with van der Waals surface area (Å²) in [7, 11) is 0. The van der Waals surface area contributed by atoms with Crippen molar-refractivity contribution in [3.05, 3.63) is 24.0 Å². The summed E-state index contributed by atoms with van der Waals surface area (Å²) in [6, 6.07) is 2.22. The number of nitrogens with zero attached hydrogens (tertiary/aromatic N) is 1. The van der Waals surface area contributed by atoms with Crippen molar-refractivity contribution in [1.82, 2.24) is 9.88 Å². The molecule has 1 heterocycles. The van der Waals surface area contributed by atoms with Gasteiger partial charge in [0.05, 0.1) is 0 Å². The Morgan fingerprint density at radius 2 is 2.18 bits per heavy atom. The van der Waals surface area contributed by atoms with Crippen LogP contribution in [-0.2, 0) is 13.1 Å². The number of rotatable bonds is 10. The Balaban J connectivity index is 2.01. The summed E-state index contributed by atoms with van der Waals surface area (Å²) in [6.45, 7) is 5.51. The van der Waals surface area contributed by atoms with Crippen LogP contribution < -0.4 is 5.32 Å². The predicted molar refractivity (Wildman–Crippen MR) is 78.7 cm³/mol. The van der Waals surface area contributed by atoms with Gasteiger partial charge in [-0.3, -0.25) is 0 Å². The number of aromatic nitrogens is 1. The molecule has 17 heavy (non-hydrogen) atoms. The van der Waals surface area contributed by atoms with Crippen molar-refractivity contribution in [3.8, 4) is 0 Å². The number of aryl methyl sites for hydroxylation is 1. The van der Waals surface area contributed by atoms with Crippen LogP contribution in [0.3, 0.4) is 0 Å². The van der Waals surface area contributed by atoms with E-state index >= 15 is 0 Å². The lowest BCUT2D eigenvalue weighted by Gasteiger charge is -2.03. The maximum atomic E-state index is 3.51. The molecular formula is C14H26N2S. The third-order valence-corrected chi connectivity index (χ3v) is 3.52. The number of unbranched alkanes of at least 4 members (excludes halogenated alkanes) is 2. The minimum Gasteiger partial charge on any atom is -0.354 e. The Kier molecular flexibility index (Phi) is 8.28. The highest BCUT2D eigenvalue weighted by Gasteiger charge is 1.96. The fourth-order valence-corrected chi connectivity index (χ4v) is 2.39. The van der Waals surface area contributed by atoms with E-state index in [-0.39, 0.29) is 0 Å². The molecule has 1 N–H and O–H groups in total. The molecule has 0 unspecified atom stereocenters.